The number of fused-ring (bicyclic) bond motifs is 1. The smallest absolute Gasteiger partial charge is 0.307 e. The molecular formula is C29H22N2O2S. The topological polar surface area (TPSA) is 53.4 Å². The molecule has 5 rings (SSSR count). The van der Waals surface area contributed by atoms with Crippen molar-refractivity contribution in [1.29, 1.82) is 0 Å². The van der Waals surface area contributed by atoms with E-state index in [1.54, 1.807) is 0 Å². The minimum absolute atomic E-state index is 0.0816. The molecule has 0 aliphatic rings. The molecule has 4 nitrogen and oxygen atoms in total. The molecule has 0 atom stereocenters. The van der Waals surface area contributed by atoms with Gasteiger partial charge in [-0.1, -0.05) is 60.7 Å². The number of benzene rings is 4. The number of aliphatic carboxylic acids is 1. The molecule has 0 unspecified atom stereocenters. The first kappa shape index (κ1) is 21.6. The van der Waals surface area contributed by atoms with Crippen LogP contribution in [-0.4, -0.2) is 16.1 Å². The van der Waals surface area contributed by atoms with Gasteiger partial charge < -0.3 is 10.0 Å². The van der Waals surface area contributed by atoms with E-state index in [0.29, 0.717) is 5.57 Å². The number of thiazole rings is 1. The first-order chi connectivity index (χ1) is 16.7. The molecule has 0 saturated heterocycles. The van der Waals surface area contributed by atoms with Crippen LogP contribution in [0.1, 0.15) is 17.0 Å². The highest BCUT2D eigenvalue weighted by molar-refractivity contribution is 7.19. The van der Waals surface area contributed by atoms with Gasteiger partial charge in [-0.3, -0.25) is 4.79 Å². The lowest BCUT2D eigenvalue weighted by atomic mass is 10.1. The molecule has 4 aromatic carbocycles. The summed E-state index contributed by atoms with van der Waals surface area (Å²) in [6, 6.07) is 36.5. The molecule has 0 saturated carbocycles. The molecule has 0 fully saturated rings. The van der Waals surface area contributed by atoms with Gasteiger partial charge in [0.05, 0.1) is 16.6 Å². The number of carbonyl (C=O) groups is 1. The zero-order valence-corrected chi connectivity index (χ0v) is 19.2. The zero-order valence-electron chi connectivity index (χ0n) is 18.3. The van der Waals surface area contributed by atoms with E-state index in [9.17, 15) is 9.90 Å². The minimum atomic E-state index is -0.874. The summed E-state index contributed by atoms with van der Waals surface area (Å²) in [5.74, 6) is -0.874. The lowest BCUT2D eigenvalue weighted by molar-refractivity contribution is -0.135. The van der Waals surface area contributed by atoms with E-state index in [2.05, 4.69) is 46.3 Å². The van der Waals surface area contributed by atoms with E-state index in [1.165, 1.54) is 11.3 Å². The Bertz CT molecular complexity index is 1370. The van der Waals surface area contributed by atoms with Gasteiger partial charge in [0.2, 0.25) is 0 Å². The predicted octanol–water partition coefficient (Wildman–Crippen LogP) is 7.78. The Kier molecular flexibility index (Phi) is 6.19. The molecule has 1 aromatic heterocycles. The summed E-state index contributed by atoms with van der Waals surface area (Å²) in [5, 5.41) is 10.2. The molecule has 0 aliphatic carbocycles. The van der Waals surface area contributed by atoms with Crippen molar-refractivity contribution in [1.82, 2.24) is 4.98 Å². The van der Waals surface area contributed by atoms with Crippen molar-refractivity contribution >= 4 is 56.2 Å². The molecule has 1 N–H and O–H groups in total. The van der Waals surface area contributed by atoms with Gasteiger partial charge in [-0.2, -0.15) is 0 Å². The number of para-hydroxylation sites is 3. The molecule has 34 heavy (non-hydrogen) atoms. The molecule has 0 amide bonds. The third-order valence-electron chi connectivity index (χ3n) is 5.43. The minimum Gasteiger partial charge on any atom is -0.481 e. The maximum absolute atomic E-state index is 11.6. The van der Waals surface area contributed by atoms with Crippen molar-refractivity contribution in [3.8, 4) is 0 Å². The van der Waals surface area contributed by atoms with Gasteiger partial charge in [0.15, 0.2) is 0 Å². The molecule has 5 aromatic rings. The van der Waals surface area contributed by atoms with Crippen LogP contribution < -0.4 is 4.90 Å². The Morgan fingerprint density at radius 1 is 0.765 bits per heavy atom. The van der Waals surface area contributed by atoms with E-state index in [-0.39, 0.29) is 6.42 Å². The second kappa shape index (κ2) is 9.73. The highest BCUT2D eigenvalue weighted by Crippen LogP contribution is 2.35. The van der Waals surface area contributed by atoms with Crippen LogP contribution in [0.4, 0.5) is 17.1 Å². The van der Waals surface area contributed by atoms with Crippen molar-refractivity contribution in [2.24, 2.45) is 0 Å². The normalized spacial score (nSPS) is 11.5. The number of carboxylic acids is 1. The summed E-state index contributed by atoms with van der Waals surface area (Å²) in [7, 11) is 0. The SMILES string of the molecule is O=C(O)C/C(=C/c1ccc(N(c2ccccc2)c2ccccc2)cc1)c1nc2ccccc2s1. The largest absolute Gasteiger partial charge is 0.481 e. The Morgan fingerprint density at radius 2 is 1.32 bits per heavy atom. The first-order valence-corrected chi connectivity index (χ1v) is 11.8. The molecule has 166 valence electrons. The van der Waals surface area contributed by atoms with Crippen LogP contribution in [-0.2, 0) is 4.79 Å². The van der Waals surface area contributed by atoms with Crippen molar-refractivity contribution in [3.05, 3.63) is 120 Å². The maximum Gasteiger partial charge on any atom is 0.307 e. The molecule has 0 radical (unpaired) electrons. The number of hydrogen-bond acceptors (Lipinski definition) is 4. The van der Waals surface area contributed by atoms with Gasteiger partial charge >= 0.3 is 5.97 Å². The van der Waals surface area contributed by atoms with E-state index >= 15 is 0 Å². The van der Waals surface area contributed by atoms with Crippen LogP contribution in [0.3, 0.4) is 0 Å². The summed E-state index contributed by atoms with van der Waals surface area (Å²) in [4.78, 5) is 18.4. The van der Waals surface area contributed by atoms with E-state index in [1.807, 2.05) is 78.9 Å². The summed E-state index contributed by atoms with van der Waals surface area (Å²) in [6.07, 6.45) is 1.84. The van der Waals surface area contributed by atoms with Crippen LogP contribution in [0.15, 0.2) is 109 Å². The van der Waals surface area contributed by atoms with Gasteiger partial charge in [0.25, 0.3) is 0 Å². The van der Waals surface area contributed by atoms with E-state index < -0.39 is 5.97 Å². The van der Waals surface area contributed by atoms with Gasteiger partial charge in [-0.15, -0.1) is 11.3 Å². The first-order valence-electron chi connectivity index (χ1n) is 11.0. The molecule has 1 heterocycles. The average molecular weight is 463 g/mol. The summed E-state index contributed by atoms with van der Waals surface area (Å²) in [6.45, 7) is 0. The van der Waals surface area contributed by atoms with Gasteiger partial charge in [-0.05, 0) is 65.7 Å². The summed E-state index contributed by atoms with van der Waals surface area (Å²) in [5.41, 5.74) is 5.67. The fraction of sp³-hybridized carbons (Fsp3) is 0.0345. The Morgan fingerprint density at radius 3 is 1.91 bits per heavy atom. The number of aromatic nitrogens is 1. The number of anilines is 3. The quantitative estimate of drug-likeness (QED) is 0.268. The Balaban J connectivity index is 1.51. The third-order valence-corrected chi connectivity index (χ3v) is 6.54. The summed E-state index contributed by atoms with van der Waals surface area (Å²) < 4.78 is 1.05. The fourth-order valence-corrected chi connectivity index (χ4v) is 4.86. The lowest BCUT2D eigenvalue weighted by Crippen LogP contribution is -2.09. The fourth-order valence-electron chi connectivity index (χ4n) is 3.88. The third kappa shape index (κ3) is 4.75. The number of carboxylic acid groups (broad SMARTS) is 1. The van der Waals surface area contributed by atoms with Crippen molar-refractivity contribution in [2.45, 2.75) is 6.42 Å². The highest BCUT2D eigenvalue weighted by atomic mass is 32.1. The number of rotatable bonds is 7. The van der Waals surface area contributed by atoms with Crippen molar-refractivity contribution in [3.63, 3.8) is 0 Å². The second-order valence-electron chi connectivity index (χ2n) is 7.82. The Hall–Kier alpha value is -4.22. The monoisotopic (exact) mass is 462 g/mol. The maximum atomic E-state index is 11.6. The molecule has 0 bridgehead atoms. The van der Waals surface area contributed by atoms with Crippen LogP contribution in [0.25, 0.3) is 21.9 Å². The van der Waals surface area contributed by atoms with E-state index in [4.69, 9.17) is 0 Å². The summed E-state index contributed by atoms with van der Waals surface area (Å²) >= 11 is 1.52. The van der Waals surface area contributed by atoms with Gasteiger partial charge in [-0.25, -0.2) is 4.98 Å². The standard InChI is InChI=1S/C29H22N2O2S/c32-28(33)20-22(29-30-26-13-7-8-14-27(26)34-29)19-21-15-17-25(18-16-21)31(23-9-3-1-4-10-23)24-11-5-2-6-12-24/h1-19H,20H2,(H,32,33)/b22-19-. The lowest BCUT2D eigenvalue weighted by Gasteiger charge is -2.25. The van der Waals surface area contributed by atoms with Crippen LogP contribution in [0, 0.1) is 0 Å². The number of hydrogen-bond donors (Lipinski definition) is 1. The van der Waals surface area contributed by atoms with Crippen molar-refractivity contribution < 1.29 is 9.90 Å². The van der Waals surface area contributed by atoms with E-state index in [0.717, 1.165) is 37.8 Å². The van der Waals surface area contributed by atoms with Crippen molar-refractivity contribution in [2.75, 3.05) is 4.90 Å². The van der Waals surface area contributed by atoms with Crippen LogP contribution in [0.2, 0.25) is 0 Å². The molecule has 0 spiro atoms. The Labute approximate surface area is 202 Å². The molecule has 0 aliphatic heterocycles. The second-order valence-corrected chi connectivity index (χ2v) is 8.86. The van der Waals surface area contributed by atoms with Crippen LogP contribution >= 0.6 is 11.3 Å². The van der Waals surface area contributed by atoms with Gasteiger partial charge in [0, 0.05) is 17.1 Å². The zero-order chi connectivity index (χ0) is 23.3. The molecular weight excluding hydrogens is 440 g/mol. The van der Waals surface area contributed by atoms with Gasteiger partial charge in [0.1, 0.15) is 5.01 Å². The van der Waals surface area contributed by atoms with Crippen LogP contribution in [0.5, 0.6) is 0 Å². The predicted molar refractivity (Wildman–Crippen MR) is 141 cm³/mol. The highest BCUT2D eigenvalue weighted by Gasteiger charge is 2.14. The molecule has 5 heteroatoms. The average Bonchev–Trinajstić information content (AvgIpc) is 3.30. The number of nitrogens with zero attached hydrogens (tertiary/aromatic N) is 2.